The van der Waals surface area contributed by atoms with Crippen LogP contribution in [0.5, 0.6) is 0 Å². The lowest BCUT2D eigenvalue weighted by molar-refractivity contribution is -0.125. The molecule has 0 aliphatic carbocycles. The fourth-order valence-electron chi connectivity index (χ4n) is 3.17. The molecule has 3 N–H and O–H groups in total. The van der Waals surface area contributed by atoms with Crippen molar-refractivity contribution in [1.29, 1.82) is 0 Å². The number of β-amino-alcohol motifs (C(OH)–C–C–N with tert-alkyl or cyclic N) is 1. The SMILES string of the molecule is NC(=O)CC1(O)CCCN(Cc2ncnn2-c2ccccc2)C1. The standard InChI is InChI=1S/C16H21N5O2/c17-14(22)9-16(23)7-4-8-20(11-16)10-15-18-12-19-21(15)13-5-2-1-3-6-13/h1-3,5-6,12,23H,4,7-11H2,(H2,17,22). The van der Waals surface area contributed by atoms with Crippen LogP contribution >= 0.6 is 0 Å². The van der Waals surface area contributed by atoms with Gasteiger partial charge in [-0.1, -0.05) is 18.2 Å². The maximum absolute atomic E-state index is 11.2. The Morgan fingerprint density at radius 3 is 2.87 bits per heavy atom. The van der Waals surface area contributed by atoms with E-state index in [1.165, 1.54) is 6.33 Å². The molecule has 0 spiro atoms. The molecule has 1 saturated heterocycles. The topological polar surface area (TPSA) is 97.3 Å². The van der Waals surface area contributed by atoms with Crippen LogP contribution in [0.3, 0.4) is 0 Å². The number of nitrogens with two attached hydrogens (primary N) is 1. The molecule has 0 bridgehead atoms. The maximum atomic E-state index is 11.2. The van der Waals surface area contributed by atoms with E-state index in [-0.39, 0.29) is 6.42 Å². The van der Waals surface area contributed by atoms with Crippen LogP contribution in [0.15, 0.2) is 36.7 Å². The molecule has 7 nitrogen and oxygen atoms in total. The third-order valence-electron chi connectivity index (χ3n) is 4.12. The predicted molar refractivity (Wildman–Crippen MR) is 84.6 cm³/mol. The van der Waals surface area contributed by atoms with Gasteiger partial charge < -0.3 is 10.8 Å². The summed E-state index contributed by atoms with van der Waals surface area (Å²) in [6.07, 6.45) is 2.94. The average Bonchev–Trinajstić information content (AvgIpc) is 2.95. The number of carbonyl (C=O) groups is 1. The van der Waals surface area contributed by atoms with Gasteiger partial charge in [0.05, 0.1) is 24.3 Å². The number of carbonyl (C=O) groups excluding carboxylic acids is 1. The Bertz CT molecular complexity index is 672. The monoisotopic (exact) mass is 315 g/mol. The van der Waals surface area contributed by atoms with Crippen LogP contribution in [0.2, 0.25) is 0 Å². The molecule has 23 heavy (non-hydrogen) atoms. The first kappa shape index (κ1) is 15.6. The first-order valence-electron chi connectivity index (χ1n) is 7.73. The minimum Gasteiger partial charge on any atom is -0.388 e. The highest BCUT2D eigenvalue weighted by molar-refractivity contribution is 5.75. The number of hydrogen-bond donors (Lipinski definition) is 2. The summed E-state index contributed by atoms with van der Waals surface area (Å²) in [7, 11) is 0. The van der Waals surface area contributed by atoms with Crippen LogP contribution < -0.4 is 5.73 Å². The number of aliphatic hydroxyl groups is 1. The molecule has 0 saturated carbocycles. The van der Waals surface area contributed by atoms with Gasteiger partial charge in [-0.3, -0.25) is 9.69 Å². The number of piperidine rings is 1. The van der Waals surface area contributed by atoms with E-state index >= 15 is 0 Å². The molecule has 2 aromatic rings. The fraction of sp³-hybridized carbons (Fsp3) is 0.438. The summed E-state index contributed by atoms with van der Waals surface area (Å²) in [6, 6.07) is 9.80. The van der Waals surface area contributed by atoms with Crippen molar-refractivity contribution in [2.75, 3.05) is 13.1 Å². The maximum Gasteiger partial charge on any atom is 0.220 e. The number of benzene rings is 1. The molecule has 1 amide bonds. The molecular formula is C16H21N5O2. The molecule has 0 radical (unpaired) electrons. The number of likely N-dealkylation sites (tertiary alicyclic amines) is 1. The molecule has 1 aliphatic rings. The first-order chi connectivity index (χ1) is 11.1. The third kappa shape index (κ3) is 3.75. The number of primary amides is 1. The van der Waals surface area contributed by atoms with Crippen LogP contribution in [0.4, 0.5) is 0 Å². The molecule has 1 aromatic heterocycles. The van der Waals surface area contributed by atoms with Gasteiger partial charge in [0.1, 0.15) is 12.2 Å². The number of aromatic nitrogens is 3. The van der Waals surface area contributed by atoms with Gasteiger partial charge in [-0.15, -0.1) is 0 Å². The van der Waals surface area contributed by atoms with Gasteiger partial charge in [-0.05, 0) is 31.5 Å². The van der Waals surface area contributed by atoms with Gasteiger partial charge in [-0.25, -0.2) is 9.67 Å². The van der Waals surface area contributed by atoms with E-state index in [1.54, 1.807) is 4.68 Å². The summed E-state index contributed by atoms with van der Waals surface area (Å²) >= 11 is 0. The van der Waals surface area contributed by atoms with Crippen LogP contribution in [0, 0.1) is 0 Å². The highest BCUT2D eigenvalue weighted by atomic mass is 16.3. The van der Waals surface area contributed by atoms with Crippen LogP contribution in [-0.2, 0) is 11.3 Å². The summed E-state index contributed by atoms with van der Waals surface area (Å²) < 4.78 is 1.79. The average molecular weight is 315 g/mol. The zero-order chi connectivity index (χ0) is 16.3. The molecular weight excluding hydrogens is 294 g/mol. The van der Waals surface area contributed by atoms with Crippen molar-refractivity contribution in [2.24, 2.45) is 5.73 Å². The molecule has 122 valence electrons. The van der Waals surface area contributed by atoms with Gasteiger partial charge in [0.2, 0.25) is 5.91 Å². The Hall–Kier alpha value is -2.25. The minimum absolute atomic E-state index is 0.00508. The van der Waals surface area contributed by atoms with Crippen molar-refractivity contribution in [3.63, 3.8) is 0 Å². The van der Waals surface area contributed by atoms with Crippen molar-refractivity contribution >= 4 is 5.91 Å². The first-order valence-corrected chi connectivity index (χ1v) is 7.73. The largest absolute Gasteiger partial charge is 0.388 e. The van der Waals surface area contributed by atoms with Gasteiger partial charge in [0, 0.05) is 6.54 Å². The molecule has 1 aliphatic heterocycles. The Balaban J connectivity index is 1.73. The van der Waals surface area contributed by atoms with E-state index in [0.29, 0.717) is 19.5 Å². The smallest absolute Gasteiger partial charge is 0.220 e. The van der Waals surface area contributed by atoms with Crippen molar-refractivity contribution in [3.05, 3.63) is 42.5 Å². The normalized spacial score (nSPS) is 22.1. The van der Waals surface area contributed by atoms with E-state index < -0.39 is 11.5 Å². The lowest BCUT2D eigenvalue weighted by Crippen LogP contribution is -2.49. The molecule has 3 rings (SSSR count). The van der Waals surface area contributed by atoms with Crippen LogP contribution in [0.1, 0.15) is 25.1 Å². The second-order valence-electron chi connectivity index (χ2n) is 6.11. The molecule has 1 fully saturated rings. The molecule has 1 unspecified atom stereocenters. The van der Waals surface area contributed by atoms with Gasteiger partial charge >= 0.3 is 0 Å². The summed E-state index contributed by atoms with van der Waals surface area (Å²) in [6.45, 7) is 1.83. The lowest BCUT2D eigenvalue weighted by atomic mass is 9.89. The van der Waals surface area contributed by atoms with E-state index in [9.17, 15) is 9.90 Å². The van der Waals surface area contributed by atoms with Crippen molar-refractivity contribution in [2.45, 2.75) is 31.4 Å². The highest BCUT2D eigenvalue weighted by Gasteiger charge is 2.35. The summed E-state index contributed by atoms with van der Waals surface area (Å²) in [4.78, 5) is 17.6. The quantitative estimate of drug-likeness (QED) is 0.836. The van der Waals surface area contributed by atoms with Crippen LogP contribution in [-0.4, -0.2) is 49.4 Å². The second kappa shape index (κ2) is 6.47. The second-order valence-corrected chi connectivity index (χ2v) is 6.11. The van der Waals surface area contributed by atoms with Crippen molar-refractivity contribution < 1.29 is 9.90 Å². The summed E-state index contributed by atoms with van der Waals surface area (Å²) in [5.74, 6) is 0.335. The number of para-hydroxylation sites is 1. The summed E-state index contributed by atoms with van der Waals surface area (Å²) in [5, 5.41) is 14.8. The molecule has 7 heteroatoms. The predicted octanol–water partition coefficient (Wildman–Crippen LogP) is 0.470. The van der Waals surface area contributed by atoms with Crippen LogP contribution in [0.25, 0.3) is 5.69 Å². The fourth-order valence-corrected chi connectivity index (χ4v) is 3.17. The zero-order valence-electron chi connectivity index (χ0n) is 12.9. The molecule has 1 aromatic carbocycles. The van der Waals surface area contributed by atoms with E-state index in [0.717, 1.165) is 24.5 Å². The highest BCUT2D eigenvalue weighted by Crippen LogP contribution is 2.25. The van der Waals surface area contributed by atoms with Crippen molar-refractivity contribution in [1.82, 2.24) is 19.7 Å². The third-order valence-corrected chi connectivity index (χ3v) is 4.12. The van der Waals surface area contributed by atoms with E-state index in [2.05, 4.69) is 15.0 Å². The van der Waals surface area contributed by atoms with Gasteiger partial charge in [0.15, 0.2) is 0 Å². The number of rotatable bonds is 5. The molecule has 1 atom stereocenters. The Labute approximate surface area is 134 Å². The Kier molecular flexibility index (Phi) is 4.40. The Morgan fingerprint density at radius 1 is 1.35 bits per heavy atom. The lowest BCUT2D eigenvalue weighted by Gasteiger charge is -2.38. The van der Waals surface area contributed by atoms with E-state index in [1.807, 2.05) is 30.3 Å². The zero-order valence-corrected chi connectivity index (χ0v) is 12.9. The number of amides is 1. The van der Waals surface area contributed by atoms with E-state index in [4.69, 9.17) is 5.73 Å². The molecule has 2 heterocycles. The Morgan fingerprint density at radius 2 is 2.13 bits per heavy atom. The minimum atomic E-state index is -1.04. The summed E-state index contributed by atoms with van der Waals surface area (Å²) in [5.41, 5.74) is 5.15. The van der Waals surface area contributed by atoms with Gasteiger partial charge in [0.25, 0.3) is 0 Å². The number of nitrogens with zero attached hydrogens (tertiary/aromatic N) is 4. The number of hydrogen-bond acceptors (Lipinski definition) is 5. The van der Waals surface area contributed by atoms with Crippen molar-refractivity contribution in [3.8, 4) is 5.69 Å². The van der Waals surface area contributed by atoms with Gasteiger partial charge in [-0.2, -0.15) is 5.10 Å².